The van der Waals surface area contributed by atoms with E-state index < -0.39 is 22.8 Å². The van der Waals surface area contributed by atoms with Crippen LogP contribution in [0.1, 0.15) is 5.56 Å². The molecule has 0 unspecified atom stereocenters. The maximum atomic E-state index is 13.1. The number of para-hydroxylation sites is 1. The summed E-state index contributed by atoms with van der Waals surface area (Å²) in [5.74, 6) is 1.60. The van der Waals surface area contributed by atoms with Gasteiger partial charge in [-0.05, 0) is 30.3 Å². The number of amides is 2. The summed E-state index contributed by atoms with van der Waals surface area (Å²) in [6, 6.07) is 12.6. The number of halogens is 4. The van der Waals surface area contributed by atoms with Gasteiger partial charge in [0.05, 0.1) is 36.0 Å². The molecule has 12 heteroatoms. The minimum atomic E-state index is -4.66. The number of fused-ring (bicyclic) bond motifs is 1. The van der Waals surface area contributed by atoms with Crippen LogP contribution in [0, 0.1) is 0 Å². The highest BCUT2D eigenvalue weighted by atomic mass is 35.5. The third kappa shape index (κ3) is 5.52. The van der Waals surface area contributed by atoms with Crippen LogP contribution in [0.3, 0.4) is 0 Å². The van der Waals surface area contributed by atoms with Gasteiger partial charge in [0.15, 0.2) is 0 Å². The number of urea groups is 1. The lowest BCUT2D eigenvalue weighted by molar-refractivity contribution is -0.137. The molecule has 8 nitrogen and oxygen atoms in total. The highest BCUT2D eigenvalue weighted by molar-refractivity contribution is 6.31. The summed E-state index contributed by atoms with van der Waals surface area (Å²) in [4.78, 5) is 21.1. The monoisotopic (exact) mass is 517 g/mol. The Morgan fingerprint density at radius 3 is 2.31 bits per heavy atom. The van der Waals surface area contributed by atoms with Gasteiger partial charge in [-0.1, -0.05) is 17.7 Å². The molecule has 0 bridgehead atoms. The van der Waals surface area contributed by atoms with Crippen LogP contribution in [-0.4, -0.2) is 30.2 Å². The Bertz CT molecular complexity index is 1410. The van der Waals surface area contributed by atoms with Crippen molar-refractivity contribution >= 4 is 51.4 Å². The summed E-state index contributed by atoms with van der Waals surface area (Å²) in [5.41, 5.74) is 0.250. The number of alkyl halides is 3. The molecule has 0 saturated heterocycles. The van der Waals surface area contributed by atoms with Crippen molar-refractivity contribution in [2.75, 3.05) is 30.2 Å². The summed E-state index contributed by atoms with van der Waals surface area (Å²) in [6.45, 7) is 0. The Morgan fingerprint density at radius 1 is 0.917 bits per heavy atom. The van der Waals surface area contributed by atoms with Crippen LogP contribution in [0.4, 0.5) is 40.8 Å². The minimum Gasteiger partial charge on any atom is -0.497 e. The summed E-state index contributed by atoms with van der Waals surface area (Å²) in [5, 5.41) is 8.30. The third-order valence-corrected chi connectivity index (χ3v) is 5.39. The highest BCUT2D eigenvalue weighted by Crippen LogP contribution is 2.36. The lowest BCUT2D eigenvalue weighted by Gasteiger charge is -2.14. The number of rotatable bonds is 6. The summed E-state index contributed by atoms with van der Waals surface area (Å²) < 4.78 is 49.9. The second kappa shape index (κ2) is 10.2. The molecule has 0 aliphatic heterocycles. The van der Waals surface area contributed by atoms with Crippen LogP contribution in [0.2, 0.25) is 5.02 Å². The first-order valence-electron chi connectivity index (χ1n) is 10.4. The standard InChI is InChI=1S/C24H19ClF3N5O3/c1-35-15-8-14(9-16(11-15)36-2)31-22-17-4-3-5-20(21(17)29-12-30-22)33-23(34)32-13-6-7-19(25)18(10-13)24(26,27)28/h3-12H,1-2H3,(H,29,30,31)(H2,32,33,34). The molecule has 4 rings (SSSR count). The number of nitrogens with zero attached hydrogens (tertiary/aromatic N) is 2. The minimum absolute atomic E-state index is 0.0755. The first-order chi connectivity index (χ1) is 17.2. The predicted octanol–water partition coefficient (Wildman–Crippen LogP) is 6.71. The largest absolute Gasteiger partial charge is 0.497 e. The van der Waals surface area contributed by atoms with Crippen LogP contribution in [0.15, 0.2) is 60.9 Å². The van der Waals surface area contributed by atoms with Gasteiger partial charge in [0.25, 0.3) is 0 Å². The van der Waals surface area contributed by atoms with E-state index in [4.69, 9.17) is 21.1 Å². The van der Waals surface area contributed by atoms with Gasteiger partial charge in [-0.25, -0.2) is 14.8 Å². The molecule has 0 radical (unpaired) electrons. The van der Waals surface area contributed by atoms with Crippen molar-refractivity contribution < 1.29 is 27.4 Å². The Morgan fingerprint density at radius 2 is 1.64 bits per heavy atom. The van der Waals surface area contributed by atoms with Crippen LogP contribution in [-0.2, 0) is 6.18 Å². The van der Waals surface area contributed by atoms with Crippen molar-refractivity contribution in [3.05, 3.63) is 71.5 Å². The molecule has 0 aliphatic carbocycles. The number of ether oxygens (including phenoxy) is 2. The second-order valence-corrected chi connectivity index (χ2v) is 7.83. The fraction of sp³-hybridized carbons (Fsp3) is 0.125. The number of nitrogens with one attached hydrogen (secondary N) is 3. The van der Waals surface area contributed by atoms with E-state index in [9.17, 15) is 18.0 Å². The summed E-state index contributed by atoms with van der Waals surface area (Å²) >= 11 is 5.64. The molecule has 0 atom stereocenters. The van der Waals surface area contributed by atoms with E-state index >= 15 is 0 Å². The molecular formula is C24H19ClF3N5O3. The van der Waals surface area contributed by atoms with Crippen LogP contribution in [0.5, 0.6) is 11.5 Å². The van der Waals surface area contributed by atoms with Crippen LogP contribution >= 0.6 is 11.6 Å². The van der Waals surface area contributed by atoms with Gasteiger partial charge >= 0.3 is 12.2 Å². The van der Waals surface area contributed by atoms with Gasteiger partial charge in [0.2, 0.25) is 0 Å². The van der Waals surface area contributed by atoms with Gasteiger partial charge in [0, 0.05) is 35.0 Å². The Labute approximate surface area is 208 Å². The molecule has 0 spiro atoms. The van der Waals surface area contributed by atoms with Crippen LogP contribution in [0.25, 0.3) is 10.9 Å². The zero-order valence-electron chi connectivity index (χ0n) is 18.9. The SMILES string of the molecule is COc1cc(Nc2ncnc3c(NC(=O)Nc4ccc(Cl)c(C(F)(F)F)c4)cccc23)cc(OC)c1. The van der Waals surface area contributed by atoms with Gasteiger partial charge in [-0.15, -0.1) is 0 Å². The van der Waals surface area contributed by atoms with Crippen molar-refractivity contribution in [3.63, 3.8) is 0 Å². The van der Waals surface area contributed by atoms with E-state index in [-0.39, 0.29) is 5.69 Å². The van der Waals surface area contributed by atoms with E-state index in [2.05, 4.69) is 25.9 Å². The third-order valence-electron chi connectivity index (χ3n) is 5.06. The molecular weight excluding hydrogens is 499 g/mol. The number of anilines is 4. The summed E-state index contributed by atoms with van der Waals surface area (Å²) in [6.07, 6.45) is -3.34. The van der Waals surface area contributed by atoms with E-state index in [1.54, 1.807) is 36.4 Å². The topological polar surface area (TPSA) is 97.4 Å². The zero-order valence-corrected chi connectivity index (χ0v) is 19.7. The van der Waals surface area contributed by atoms with Crippen molar-refractivity contribution in [2.45, 2.75) is 6.18 Å². The highest BCUT2D eigenvalue weighted by Gasteiger charge is 2.33. The quantitative estimate of drug-likeness (QED) is 0.263. The van der Waals surface area contributed by atoms with Crippen molar-refractivity contribution in [1.29, 1.82) is 0 Å². The summed E-state index contributed by atoms with van der Waals surface area (Å²) in [7, 11) is 3.07. The Hall–Kier alpha value is -4.25. The first kappa shape index (κ1) is 24.9. The van der Waals surface area contributed by atoms with E-state index in [0.717, 1.165) is 12.1 Å². The number of carbonyl (C=O) groups is 1. The van der Waals surface area contributed by atoms with E-state index in [0.29, 0.717) is 39.6 Å². The number of hydrogen-bond acceptors (Lipinski definition) is 6. The number of benzene rings is 3. The first-order valence-corrected chi connectivity index (χ1v) is 10.7. The van der Waals surface area contributed by atoms with Crippen LogP contribution < -0.4 is 25.4 Å². The molecule has 3 aromatic carbocycles. The van der Waals surface area contributed by atoms with Gasteiger partial charge in [-0.3, -0.25) is 0 Å². The van der Waals surface area contributed by atoms with E-state index in [1.807, 2.05) is 0 Å². The molecule has 0 fully saturated rings. The molecule has 186 valence electrons. The normalized spacial score (nSPS) is 11.2. The Kier molecular flexibility index (Phi) is 7.02. The van der Waals surface area contributed by atoms with E-state index in [1.165, 1.54) is 26.6 Å². The molecule has 0 saturated carbocycles. The zero-order chi connectivity index (χ0) is 25.9. The molecule has 3 N–H and O–H groups in total. The predicted molar refractivity (Wildman–Crippen MR) is 131 cm³/mol. The number of aromatic nitrogens is 2. The van der Waals surface area contributed by atoms with Gasteiger partial charge in [-0.2, -0.15) is 13.2 Å². The maximum absolute atomic E-state index is 13.1. The Balaban J connectivity index is 1.59. The van der Waals surface area contributed by atoms with Crippen molar-refractivity contribution in [3.8, 4) is 11.5 Å². The molecule has 2 amide bonds. The van der Waals surface area contributed by atoms with Gasteiger partial charge in [0.1, 0.15) is 23.6 Å². The molecule has 4 aromatic rings. The fourth-order valence-electron chi connectivity index (χ4n) is 3.41. The fourth-order valence-corrected chi connectivity index (χ4v) is 3.63. The van der Waals surface area contributed by atoms with Gasteiger partial charge < -0.3 is 25.4 Å². The number of carbonyl (C=O) groups excluding carboxylic acids is 1. The maximum Gasteiger partial charge on any atom is 0.417 e. The lowest BCUT2D eigenvalue weighted by atomic mass is 10.2. The average Bonchev–Trinajstić information content (AvgIpc) is 2.84. The second-order valence-electron chi connectivity index (χ2n) is 7.42. The molecule has 1 heterocycles. The molecule has 36 heavy (non-hydrogen) atoms. The van der Waals surface area contributed by atoms with Crippen molar-refractivity contribution in [1.82, 2.24) is 9.97 Å². The smallest absolute Gasteiger partial charge is 0.417 e. The lowest BCUT2D eigenvalue weighted by Crippen LogP contribution is -2.20. The molecule has 0 aliphatic rings. The number of methoxy groups -OCH3 is 2. The van der Waals surface area contributed by atoms with Crippen molar-refractivity contribution in [2.24, 2.45) is 0 Å². The number of hydrogen-bond donors (Lipinski definition) is 3. The molecule has 1 aromatic heterocycles. The average molecular weight is 518 g/mol.